The monoisotopic (exact) mass is 285 g/mol. The summed E-state index contributed by atoms with van der Waals surface area (Å²) in [4.78, 5) is 16.4. The van der Waals surface area contributed by atoms with Gasteiger partial charge in [0.1, 0.15) is 12.7 Å². The second-order valence-corrected chi connectivity index (χ2v) is 5.65. The Morgan fingerprint density at radius 2 is 2.00 bits per heavy atom. The largest absolute Gasteiger partial charge is 0.326 e. The maximum absolute atomic E-state index is 12.4. The number of aromatic nitrogens is 3. The van der Waals surface area contributed by atoms with Gasteiger partial charge in [0.05, 0.1) is 5.69 Å². The molecule has 1 amide bonds. The number of amides is 1. The molecule has 0 spiro atoms. The first-order valence-electron chi connectivity index (χ1n) is 7.15. The molecule has 1 aliphatic heterocycles. The first kappa shape index (κ1) is 13.8. The van der Waals surface area contributed by atoms with E-state index in [1.54, 1.807) is 11.0 Å². The fourth-order valence-electron chi connectivity index (χ4n) is 2.53. The summed E-state index contributed by atoms with van der Waals surface area (Å²) in [6, 6.07) is 7.60. The van der Waals surface area contributed by atoms with Crippen LogP contribution in [0.2, 0.25) is 0 Å². The second-order valence-electron chi connectivity index (χ2n) is 5.65. The van der Waals surface area contributed by atoms with E-state index in [1.807, 2.05) is 31.2 Å². The molecule has 1 fully saturated rings. The Labute approximate surface area is 123 Å². The summed E-state index contributed by atoms with van der Waals surface area (Å²) in [7, 11) is 0. The van der Waals surface area contributed by atoms with Gasteiger partial charge in [0.15, 0.2) is 0 Å². The van der Waals surface area contributed by atoms with Gasteiger partial charge in [-0.1, -0.05) is 6.92 Å². The molecule has 3 rings (SSSR count). The van der Waals surface area contributed by atoms with Crippen LogP contribution in [0.1, 0.15) is 19.8 Å². The van der Waals surface area contributed by atoms with Crippen LogP contribution >= 0.6 is 0 Å². The molecule has 0 unspecified atom stereocenters. The third-order valence-electron chi connectivity index (χ3n) is 4.06. The number of rotatable bonds is 3. The summed E-state index contributed by atoms with van der Waals surface area (Å²) >= 11 is 0. The molecule has 110 valence electrons. The van der Waals surface area contributed by atoms with Crippen molar-refractivity contribution in [1.29, 1.82) is 0 Å². The summed E-state index contributed by atoms with van der Waals surface area (Å²) in [6.07, 6.45) is 4.88. The van der Waals surface area contributed by atoms with Crippen LogP contribution in [-0.4, -0.2) is 33.8 Å². The summed E-state index contributed by atoms with van der Waals surface area (Å²) in [5, 5.41) is 10.4. The molecule has 6 nitrogen and oxygen atoms in total. The SMILES string of the molecule is CC1(C(=O)Nc2ccc(-n3cncn3)cc2)CCNCC1. The van der Waals surface area contributed by atoms with Gasteiger partial charge in [-0.05, 0) is 50.2 Å². The van der Waals surface area contributed by atoms with Crippen molar-refractivity contribution in [3.05, 3.63) is 36.9 Å². The number of piperidine rings is 1. The van der Waals surface area contributed by atoms with E-state index in [0.717, 1.165) is 37.3 Å². The van der Waals surface area contributed by atoms with E-state index in [0.29, 0.717) is 0 Å². The van der Waals surface area contributed by atoms with Gasteiger partial charge in [-0.3, -0.25) is 4.79 Å². The quantitative estimate of drug-likeness (QED) is 0.898. The number of hydrogen-bond donors (Lipinski definition) is 2. The molecule has 0 saturated carbocycles. The minimum Gasteiger partial charge on any atom is -0.326 e. The number of carbonyl (C=O) groups excluding carboxylic acids is 1. The first-order valence-corrected chi connectivity index (χ1v) is 7.15. The standard InChI is InChI=1S/C15H19N5O/c1-15(6-8-16-9-7-15)14(21)19-12-2-4-13(5-3-12)20-11-17-10-18-20/h2-5,10-11,16H,6-9H2,1H3,(H,19,21). The van der Waals surface area contributed by atoms with Crippen molar-refractivity contribution < 1.29 is 4.79 Å². The van der Waals surface area contributed by atoms with E-state index in [9.17, 15) is 4.79 Å². The fourth-order valence-corrected chi connectivity index (χ4v) is 2.53. The third-order valence-corrected chi connectivity index (χ3v) is 4.06. The zero-order valence-electron chi connectivity index (χ0n) is 12.0. The zero-order valence-corrected chi connectivity index (χ0v) is 12.0. The lowest BCUT2D eigenvalue weighted by atomic mass is 9.80. The molecule has 2 aromatic rings. The maximum Gasteiger partial charge on any atom is 0.230 e. The fraction of sp³-hybridized carbons (Fsp3) is 0.400. The molecule has 0 aliphatic carbocycles. The van der Waals surface area contributed by atoms with Crippen molar-refractivity contribution in [2.45, 2.75) is 19.8 Å². The number of nitrogens with zero attached hydrogens (tertiary/aromatic N) is 3. The Morgan fingerprint density at radius 1 is 1.29 bits per heavy atom. The van der Waals surface area contributed by atoms with E-state index < -0.39 is 0 Å². The van der Waals surface area contributed by atoms with Gasteiger partial charge in [-0.15, -0.1) is 0 Å². The van der Waals surface area contributed by atoms with Crippen LogP contribution in [0.15, 0.2) is 36.9 Å². The number of hydrogen-bond acceptors (Lipinski definition) is 4. The number of nitrogens with one attached hydrogen (secondary N) is 2. The van der Waals surface area contributed by atoms with Crippen molar-refractivity contribution in [3.8, 4) is 5.69 Å². The highest BCUT2D eigenvalue weighted by molar-refractivity contribution is 5.95. The van der Waals surface area contributed by atoms with Gasteiger partial charge in [0.25, 0.3) is 0 Å². The molecule has 2 N–H and O–H groups in total. The van der Waals surface area contributed by atoms with Crippen molar-refractivity contribution >= 4 is 11.6 Å². The van der Waals surface area contributed by atoms with Crippen molar-refractivity contribution in [2.75, 3.05) is 18.4 Å². The molecule has 0 bridgehead atoms. The van der Waals surface area contributed by atoms with Crippen LogP contribution in [0.4, 0.5) is 5.69 Å². The molecule has 21 heavy (non-hydrogen) atoms. The summed E-state index contributed by atoms with van der Waals surface area (Å²) in [5.74, 6) is 0.0949. The van der Waals surface area contributed by atoms with Crippen molar-refractivity contribution in [1.82, 2.24) is 20.1 Å². The smallest absolute Gasteiger partial charge is 0.230 e. The predicted molar refractivity (Wildman–Crippen MR) is 80.2 cm³/mol. The maximum atomic E-state index is 12.4. The summed E-state index contributed by atoms with van der Waals surface area (Å²) in [6.45, 7) is 3.83. The Kier molecular flexibility index (Phi) is 3.70. The lowest BCUT2D eigenvalue weighted by Gasteiger charge is -2.32. The molecule has 0 radical (unpaired) electrons. The van der Waals surface area contributed by atoms with E-state index in [1.165, 1.54) is 6.33 Å². The van der Waals surface area contributed by atoms with Crippen molar-refractivity contribution in [2.24, 2.45) is 5.41 Å². The highest BCUT2D eigenvalue weighted by atomic mass is 16.2. The van der Waals surface area contributed by atoms with Gasteiger partial charge >= 0.3 is 0 Å². The van der Waals surface area contributed by atoms with Crippen LogP contribution < -0.4 is 10.6 Å². The molecule has 1 aromatic heterocycles. The lowest BCUT2D eigenvalue weighted by molar-refractivity contribution is -0.126. The van der Waals surface area contributed by atoms with Crippen LogP contribution in [0.3, 0.4) is 0 Å². The van der Waals surface area contributed by atoms with Gasteiger partial charge in [0, 0.05) is 11.1 Å². The minimum atomic E-state index is -0.282. The topological polar surface area (TPSA) is 71.8 Å². The van der Waals surface area contributed by atoms with Gasteiger partial charge < -0.3 is 10.6 Å². The summed E-state index contributed by atoms with van der Waals surface area (Å²) < 4.78 is 1.68. The molecule has 2 heterocycles. The highest BCUT2D eigenvalue weighted by Gasteiger charge is 2.34. The van der Waals surface area contributed by atoms with Gasteiger partial charge in [-0.25, -0.2) is 9.67 Å². The predicted octanol–water partition coefficient (Wildman–Crippen LogP) is 1.60. The normalized spacial score (nSPS) is 17.4. The Balaban J connectivity index is 1.69. The van der Waals surface area contributed by atoms with E-state index in [2.05, 4.69) is 20.7 Å². The molecule has 0 atom stereocenters. The minimum absolute atomic E-state index is 0.0949. The van der Waals surface area contributed by atoms with Crippen LogP contribution in [0, 0.1) is 5.41 Å². The highest BCUT2D eigenvalue weighted by Crippen LogP contribution is 2.29. The van der Waals surface area contributed by atoms with Gasteiger partial charge in [0.2, 0.25) is 5.91 Å². The molecule has 1 aliphatic rings. The van der Waals surface area contributed by atoms with Gasteiger partial charge in [-0.2, -0.15) is 5.10 Å². The average Bonchev–Trinajstić information content (AvgIpc) is 3.03. The zero-order chi connectivity index (χ0) is 14.7. The van der Waals surface area contributed by atoms with E-state index >= 15 is 0 Å². The molecule has 6 heteroatoms. The van der Waals surface area contributed by atoms with Crippen molar-refractivity contribution in [3.63, 3.8) is 0 Å². The Morgan fingerprint density at radius 3 is 2.62 bits per heavy atom. The lowest BCUT2D eigenvalue weighted by Crippen LogP contribution is -2.42. The first-order chi connectivity index (χ1) is 10.2. The molecule has 1 aromatic carbocycles. The number of carbonyl (C=O) groups is 1. The average molecular weight is 285 g/mol. The molecular formula is C15H19N5O. The summed E-state index contributed by atoms with van der Waals surface area (Å²) in [5.41, 5.74) is 1.44. The van der Waals surface area contributed by atoms with E-state index in [4.69, 9.17) is 0 Å². The Hall–Kier alpha value is -2.21. The number of anilines is 1. The van der Waals surface area contributed by atoms with Crippen LogP contribution in [-0.2, 0) is 4.79 Å². The third kappa shape index (κ3) is 2.95. The molecular weight excluding hydrogens is 266 g/mol. The number of benzene rings is 1. The second kappa shape index (κ2) is 5.65. The molecule has 1 saturated heterocycles. The van der Waals surface area contributed by atoms with Crippen LogP contribution in [0.5, 0.6) is 0 Å². The Bertz CT molecular complexity index is 600. The van der Waals surface area contributed by atoms with Crippen LogP contribution in [0.25, 0.3) is 5.69 Å². The van der Waals surface area contributed by atoms with E-state index in [-0.39, 0.29) is 11.3 Å².